The van der Waals surface area contributed by atoms with Gasteiger partial charge in [0.25, 0.3) is 0 Å². The smallest absolute Gasteiger partial charge is 0.232 e. The highest BCUT2D eigenvalue weighted by molar-refractivity contribution is 7.80. The van der Waals surface area contributed by atoms with E-state index in [-0.39, 0.29) is 10.7 Å². The first-order valence-electron chi connectivity index (χ1n) is 6.68. The van der Waals surface area contributed by atoms with Gasteiger partial charge >= 0.3 is 6.18 Å². The quantitative estimate of drug-likeness (QED) is 0.520. The predicted octanol–water partition coefficient (Wildman–Crippen LogP) is 6.15. The number of benzene rings is 2. The molecule has 0 atom stereocenters. The lowest BCUT2D eigenvalue weighted by atomic mass is 10.1. The van der Waals surface area contributed by atoms with E-state index < -0.39 is 11.9 Å². The van der Waals surface area contributed by atoms with Crippen LogP contribution in [0.5, 0.6) is 0 Å². The maximum Gasteiger partial charge on any atom is 0.435 e. The number of hydrogen-bond acceptors (Lipinski definition) is 2. The molecule has 0 bridgehead atoms. The van der Waals surface area contributed by atoms with Crippen LogP contribution >= 0.6 is 35.8 Å². The van der Waals surface area contributed by atoms with E-state index in [9.17, 15) is 13.2 Å². The summed E-state index contributed by atoms with van der Waals surface area (Å²) in [5.41, 5.74) is 0.00157. The van der Waals surface area contributed by atoms with Crippen molar-refractivity contribution >= 4 is 35.8 Å². The highest BCUT2D eigenvalue weighted by Crippen LogP contribution is 2.36. The summed E-state index contributed by atoms with van der Waals surface area (Å²) in [5.74, 6) is 0. The van der Waals surface area contributed by atoms with Crippen LogP contribution in [0.1, 0.15) is 5.69 Å². The van der Waals surface area contributed by atoms with Crippen LogP contribution in [-0.2, 0) is 6.18 Å². The number of alkyl halides is 3. The van der Waals surface area contributed by atoms with Crippen LogP contribution in [0.2, 0.25) is 10.0 Å². The average Bonchev–Trinajstić information content (AvgIpc) is 2.95. The normalized spacial score (nSPS) is 11.8. The van der Waals surface area contributed by atoms with Gasteiger partial charge in [-0.25, -0.2) is 4.68 Å². The van der Waals surface area contributed by atoms with Gasteiger partial charge < -0.3 is 0 Å². The van der Waals surface area contributed by atoms with Gasteiger partial charge in [-0.3, -0.25) is 0 Å². The lowest BCUT2D eigenvalue weighted by Gasteiger charge is -2.09. The molecule has 0 N–H and O–H groups in total. The Morgan fingerprint density at radius 2 is 1.62 bits per heavy atom. The second-order valence-corrected chi connectivity index (χ2v) is 6.32. The summed E-state index contributed by atoms with van der Waals surface area (Å²) in [6.07, 6.45) is -4.57. The molecule has 0 radical (unpaired) electrons. The molecule has 3 aromatic rings. The van der Waals surface area contributed by atoms with E-state index >= 15 is 0 Å². The van der Waals surface area contributed by atoms with Gasteiger partial charge in [-0.05, 0) is 48.5 Å². The number of hydrogen-bond donors (Lipinski definition) is 1. The van der Waals surface area contributed by atoms with Crippen molar-refractivity contribution in [2.24, 2.45) is 0 Å². The third-order valence-electron chi connectivity index (χ3n) is 3.30. The molecule has 3 rings (SSSR count). The summed E-state index contributed by atoms with van der Waals surface area (Å²) in [5, 5.41) is 4.33. The number of aromatic nitrogens is 2. The van der Waals surface area contributed by atoms with Crippen LogP contribution < -0.4 is 0 Å². The molecule has 1 heterocycles. The van der Waals surface area contributed by atoms with Crippen LogP contribution in [0.3, 0.4) is 0 Å². The van der Waals surface area contributed by atoms with Crippen molar-refractivity contribution < 1.29 is 13.2 Å². The van der Waals surface area contributed by atoms with Crippen LogP contribution in [0.25, 0.3) is 16.9 Å². The first-order valence-corrected chi connectivity index (χ1v) is 7.88. The Kier molecular flexibility index (Phi) is 4.55. The molecular weight excluding hydrogens is 380 g/mol. The molecule has 8 heteroatoms. The first kappa shape index (κ1) is 17.2. The molecular formula is C16H9Cl2F3N2S. The largest absolute Gasteiger partial charge is 0.435 e. The Balaban J connectivity index is 2.25. The fourth-order valence-corrected chi connectivity index (χ4v) is 2.73. The van der Waals surface area contributed by atoms with Gasteiger partial charge in [0.1, 0.15) is 0 Å². The van der Waals surface area contributed by atoms with Gasteiger partial charge in [-0.15, -0.1) is 12.6 Å². The fraction of sp³-hybridized carbons (Fsp3) is 0.0625. The molecule has 2 nitrogen and oxygen atoms in total. The number of nitrogens with zero attached hydrogens (tertiary/aromatic N) is 2. The Labute approximate surface area is 151 Å². The van der Waals surface area contributed by atoms with E-state index in [1.165, 1.54) is 16.8 Å². The fourth-order valence-electron chi connectivity index (χ4n) is 2.20. The highest BCUT2D eigenvalue weighted by atomic mass is 35.5. The summed E-state index contributed by atoms with van der Waals surface area (Å²) in [4.78, 5) is 0.685. The maximum atomic E-state index is 13.1. The molecule has 124 valence electrons. The summed E-state index contributed by atoms with van der Waals surface area (Å²) in [6, 6.07) is 12.1. The van der Waals surface area contributed by atoms with Gasteiger partial charge in [0.15, 0.2) is 5.69 Å². The molecule has 0 aliphatic carbocycles. The van der Waals surface area contributed by atoms with Crippen molar-refractivity contribution in [3.8, 4) is 16.9 Å². The molecule has 0 aliphatic rings. The Morgan fingerprint density at radius 1 is 0.958 bits per heavy atom. The zero-order valence-electron chi connectivity index (χ0n) is 11.9. The first-order chi connectivity index (χ1) is 11.3. The lowest BCUT2D eigenvalue weighted by molar-refractivity contribution is -0.141. The minimum atomic E-state index is -4.57. The van der Waals surface area contributed by atoms with Crippen molar-refractivity contribution in [1.29, 1.82) is 0 Å². The molecule has 0 fully saturated rings. The highest BCUT2D eigenvalue weighted by Gasteiger charge is 2.35. The molecule has 0 amide bonds. The second kappa shape index (κ2) is 6.35. The number of thiol groups is 1. The van der Waals surface area contributed by atoms with Crippen molar-refractivity contribution in [3.05, 3.63) is 64.3 Å². The van der Waals surface area contributed by atoms with E-state index in [0.29, 0.717) is 21.2 Å². The minimum absolute atomic E-state index is 0.196. The number of rotatable bonds is 2. The molecule has 2 aromatic carbocycles. The molecule has 0 spiro atoms. The van der Waals surface area contributed by atoms with Gasteiger partial charge in [0.05, 0.1) is 16.4 Å². The van der Waals surface area contributed by atoms with E-state index in [0.717, 1.165) is 6.07 Å². The molecule has 0 aliphatic heterocycles. The Morgan fingerprint density at radius 3 is 2.25 bits per heavy atom. The molecule has 24 heavy (non-hydrogen) atoms. The Hall–Kier alpha value is -1.63. The van der Waals surface area contributed by atoms with E-state index in [1.807, 2.05) is 0 Å². The molecule has 1 aromatic heterocycles. The summed E-state index contributed by atoms with van der Waals surface area (Å²) >= 11 is 16.3. The van der Waals surface area contributed by atoms with E-state index in [4.69, 9.17) is 23.2 Å². The van der Waals surface area contributed by atoms with Crippen molar-refractivity contribution in [1.82, 2.24) is 9.78 Å². The van der Waals surface area contributed by atoms with Crippen molar-refractivity contribution in [3.63, 3.8) is 0 Å². The van der Waals surface area contributed by atoms with Crippen molar-refractivity contribution in [2.45, 2.75) is 11.1 Å². The van der Waals surface area contributed by atoms with Gasteiger partial charge in [0, 0.05) is 15.5 Å². The zero-order valence-corrected chi connectivity index (χ0v) is 14.3. The van der Waals surface area contributed by atoms with Crippen LogP contribution in [0.4, 0.5) is 13.2 Å². The molecule has 0 saturated carbocycles. The lowest BCUT2D eigenvalue weighted by Crippen LogP contribution is -2.07. The van der Waals surface area contributed by atoms with Gasteiger partial charge in [0.2, 0.25) is 0 Å². The van der Waals surface area contributed by atoms with Crippen molar-refractivity contribution in [2.75, 3.05) is 0 Å². The van der Waals surface area contributed by atoms with Crippen LogP contribution in [-0.4, -0.2) is 9.78 Å². The maximum absolute atomic E-state index is 13.1. The minimum Gasteiger partial charge on any atom is -0.232 e. The topological polar surface area (TPSA) is 17.8 Å². The average molecular weight is 389 g/mol. The second-order valence-electron chi connectivity index (χ2n) is 4.96. The summed E-state index contributed by atoms with van der Waals surface area (Å²) in [7, 11) is 0. The standard InChI is InChI=1S/C16H9Cl2F3N2S/c17-9-1-6-13(18)12(7-9)14-8-15(16(19,20)21)22-23(14)10-2-4-11(24)5-3-10/h1-8,24H. The third kappa shape index (κ3) is 3.41. The summed E-state index contributed by atoms with van der Waals surface area (Å²) in [6.45, 7) is 0. The third-order valence-corrected chi connectivity index (χ3v) is 4.16. The molecule has 0 unspecified atom stereocenters. The predicted molar refractivity (Wildman–Crippen MR) is 91.3 cm³/mol. The summed E-state index contributed by atoms with van der Waals surface area (Å²) < 4.78 is 40.5. The van der Waals surface area contributed by atoms with Crippen LogP contribution in [0.15, 0.2) is 53.4 Å². The van der Waals surface area contributed by atoms with Gasteiger partial charge in [-0.1, -0.05) is 23.2 Å². The zero-order chi connectivity index (χ0) is 17.5. The van der Waals surface area contributed by atoms with E-state index in [2.05, 4.69) is 17.7 Å². The SMILES string of the molecule is FC(F)(F)c1cc(-c2cc(Cl)ccc2Cl)n(-c2ccc(S)cc2)n1. The monoisotopic (exact) mass is 388 g/mol. The van der Waals surface area contributed by atoms with Gasteiger partial charge in [-0.2, -0.15) is 18.3 Å². The van der Waals surface area contributed by atoms with Crippen LogP contribution in [0, 0.1) is 0 Å². The molecule has 0 saturated heterocycles. The Bertz CT molecular complexity index is 889. The number of halogens is 5. The van der Waals surface area contributed by atoms with E-state index in [1.54, 1.807) is 30.3 Å².